The number of nitrogens with one attached hydrogen (secondary N) is 1. The zero-order valence-corrected chi connectivity index (χ0v) is 12.4. The van der Waals surface area contributed by atoms with E-state index >= 15 is 0 Å². The molecule has 3 aromatic rings. The van der Waals surface area contributed by atoms with Gasteiger partial charge < -0.3 is 9.73 Å². The van der Waals surface area contributed by atoms with Gasteiger partial charge in [-0.2, -0.15) is 0 Å². The molecule has 0 radical (unpaired) electrons. The number of hydrogen-bond donors (Lipinski definition) is 1. The number of hydrogen-bond acceptors (Lipinski definition) is 3. The molecule has 1 heterocycles. The zero-order valence-electron chi connectivity index (χ0n) is 12.4. The second kappa shape index (κ2) is 5.39. The summed E-state index contributed by atoms with van der Waals surface area (Å²) in [4.78, 5) is 24.6. The first-order valence-corrected chi connectivity index (χ1v) is 7.64. The molecule has 2 aromatic carbocycles. The van der Waals surface area contributed by atoms with Gasteiger partial charge in [0.05, 0.1) is 11.4 Å². The molecule has 1 unspecified atom stereocenters. The Morgan fingerprint density at radius 2 is 1.87 bits per heavy atom. The molecule has 0 fully saturated rings. The summed E-state index contributed by atoms with van der Waals surface area (Å²) in [6.45, 7) is 0. The van der Waals surface area contributed by atoms with Crippen molar-refractivity contribution in [1.82, 2.24) is 5.32 Å². The van der Waals surface area contributed by atoms with Crippen molar-refractivity contribution < 1.29 is 9.21 Å². The second-order valence-corrected chi connectivity index (χ2v) is 5.73. The largest absolute Gasteiger partial charge is 0.451 e. The van der Waals surface area contributed by atoms with Crippen molar-refractivity contribution in [2.24, 2.45) is 0 Å². The third-order valence-electron chi connectivity index (χ3n) is 4.30. The van der Waals surface area contributed by atoms with E-state index in [1.165, 1.54) is 11.6 Å². The molecule has 4 rings (SSSR count). The first-order valence-electron chi connectivity index (χ1n) is 7.64. The number of aryl methyl sites for hydroxylation is 1. The Balaban J connectivity index is 1.64. The summed E-state index contributed by atoms with van der Waals surface area (Å²) in [7, 11) is 0. The lowest BCUT2D eigenvalue weighted by Crippen LogP contribution is -2.27. The predicted octanol–water partition coefficient (Wildman–Crippen LogP) is 3.21. The first kappa shape index (κ1) is 13.8. The summed E-state index contributed by atoms with van der Waals surface area (Å²) in [5, 5.41) is 3.45. The topological polar surface area (TPSA) is 59.3 Å². The third-order valence-corrected chi connectivity index (χ3v) is 4.30. The van der Waals surface area contributed by atoms with E-state index in [4.69, 9.17) is 4.42 Å². The van der Waals surface area contributed by atoms with Gasteiger partial charge in [-0.15, -0.1) is 0 Å². The lowest BCUT2D eigenvalue weighted by atomic mass is 10.1. The monoisotopic (exact) mass is 305 g/mol. The number of rotatable bonds is 2. The van der Waals surface area contributed by atoms with Gasteiger partial charge in [-0.3, -0.25) is 9.59 Å². The van der Waals surface area contributed by atoms with Gasteiger partial charge in [0.1, 0.15) is 5.58 Å². The zero-order chi connectivity index (χ0) is 15.8. The molecule has 1 N–H and O–H groups in total. The van der Waals surface area contributed by atoms with Gasteiger partial charge in [-0.25, -0.2) is 0 Å². The van der Waals surface area contributed by atoms with Crippen LogP contribution in [0, 0.1) is 0 Å². The van der Waals surface area contributed by atoms with Crippen LogP contribution < -0.4 is 10.7 Å². The number of carbonyl (C=O) groups excluding carboxylic acids is 1. The van der Waals surface area contributed by atoms with Crippen LogP contribution in [-0.2, 0) is 6.42 Å². The standard InChI is InChI=1S/C19H15NO3/c21-16-11-18(23-17-8-4-3-7-14(16)17)19(22)20-15-10-9-12-5-1-2-6-13(12)15/h1-8,11,15H,9-10H2,(H,20,22). The third kappa shape index (κ3) is 2.42. The molecule has 1 aromatic heterocycles. The highest BCUT2D eigenvalue weighted by Gasteiger charge is 2.24. The van der Waals surface area contributed by atoms with Crippen LogP contribution in [0.25, 0.3) is 11.0 Å². The fourth-order valence-electron chi connectivity index (χ4n) is 3.15. The maximum atomic E-state index is 12.5. The number of benzene rings is 2. The molecule has 1 amide bonds. The quantitative estimate of drug-likeness (QED) is 0.791. The first-order chi connectivity index (χ1) is 11.2. The molecule has 4 nitrogen and oxygen atoms in total. The van der Waals surface area contributed by atoms with Gasteiger partial charge in [0.25, 0.3) is 5.91 Å². The summed E-state index contributed by atoms with van der Waals surface area (Å²) in [6, 6.07) is 16.3. The molecule has 0 bridgehead atoms. The summed E-state index contributed by atoms with van der Waals surface area (Å²) in [6.07, 6.45) is 1.81. The minimum Gasteiger partial charge on any atom is -0.451 e. The van der Waals surface area contributed by atoms with Crippen molar-refractivity contribution >= 4 is 16.9 Å². The van der Waals surface area contributed by atoms with Crippen molar-refractivity contribution in [3.63, 3.8) is 0 Å². The van der Waals surface area contributed by atoms with Crippen LogP contribution in [0.2, 0.25) is 0 Å². The fraction of sp³-hybridized carbons (Fsp3) is 0.158. The Labute approximate surface area is 132 Å². The van der Waals surface area contributed by atoms with E-state index in [0.29, 0.717) is 11.0 Å². The highest BCUT2D eigenvalue weighted by molar-refractivity contribution is 5.93. The molecule has 1 atom stereocenters. The van der Waals surface area contributed by atoms with E-state index in [1.54, 1.807) is 24.3 Å². The van der Waals surface area contributed by atoms with Crippen LogP contribution in [0.3, 0.4) is 0 Å². The van der Waals surface area contributed by atoms with Crippen molar-refractivity contribution in [3.05, 3.63) is 81.7 Å². The smallest absolute Gasteiger partial charge is 0.287 e. The predicted molar refractivity (Wildman–Crippen MR) is 87.5 cm³/mol. The van der Waals surface area contributed by atoms with Crippen LogP contribution >= 0.6 is 0 Å². The van der Waals surface area contributed by atoms with E-state index in [2.05, 4.69) is 11.4 Å². The molecule has 114 valence electrons. The van der Waals surface area contributed by atoms with Gasteiger partial charge in [-0.1, -0.05) is 36.4 Å². The van der Waals surface area contributed by atoms with E-state index in [1.807, 2.05) is 18.2 Å². The molecule has 23 heavy (non-hydrogen) atoms. The SMILES string of the molecule is O=C(NC1CCc2ccccc21)c1cc(=O)c2ccccc2o1. The van der Waals surface area contributed by atoms with Gasteiger partial charge in [0.15, 0.2) is 11.2 Å². The van der Waals surface area contributed by atoms with E-state index in [0.717, 1.165) is 18.4 Å². The van der Waals surface area contributed by atoms with Gasteiger partial charge in [-0.05, 0) is 36.1 Å². The normalized spacial score (nSPS) is 16.3. The number of amides is 1. The molecule has 0 saturated carbocycles. The Bertz CT molecular complexity index is 958. The van der Waals surface area contributed by atoms with Crippen LogP contribution in [0.1, 0.15) is 34.1 Å². The molecule has 4 heteroatoms. The Morgan fingerprint density at radius 1 is 1.09 bits per heavy atom. The maximum Gasteiger partial charge on any atom is 0.287 e. The van der Waals surface area contributed by atoms with Crippen molar-refractivity contribution in [1.29, 1.82) is 0 Å². The number of carbonyl (C=O) groups is 1. The summed E-state index contributed by atoms with van der Waals surface area (Å²) < 4.78 is 5.59. The number of fused-ring (bicyclic) bond motifs is 2. The number of para-hydroxylation sites is 1. The van der Waals surface area contributed by atoms with Gasteiger partial charge >= 0.3 is 0 Å². The molecule has 0 aliphatic heterocycles. The van der Waals surface area contributed by atoms with Crippen LogP contribution in [-0.4, -0.2) is 5.91 Å². The average Bonchev–Trinajstić information content (AvgIpc) is 2.98. The lowest BCUT2D eigenvalue weighted by molar-refractivity contribution is 0.0909. The lowest BCUT2D eigenvalue weighted by Gasteiger charge is -2.13. The molecule has 0 spiro atoms. The van der Waals surface area contributed by atoms with Crippen molar-refractivity contribution in [2.75, 3.05) is 0 Å². The Kier molecular flexibility index (Phi) is 3.23. The summed E-state index contributed by atoms with van der Waals surface area (Å²) in [5.41, 5.74) is 2.63. The van der Waals surface area contributed by atoms with Crippen LogP contribution in [0.4, 0.5) is 0 Å². The minimum atomic E-state index is -0.352. The molecular weight excluding hydrogens is 290 g/mol. The van der Waals surface area contributed by atoms with Gasteiger partial charge in [0.2, 0.25) is 0 Å². The van der Waals surface area contributed by atoms with Crippen LogP contribution in [0.15, 0.2) is 63.8 Å². The Morgan fingerprint density at radius 3 is 2.78 bits per heavy atom. The van der Waals surface area contributed by atoms with Crippen molar-refractivity contribution in [2.45, 2.75) is 18.9 Å². The molecule has 1 aliphatic carbocycles. The molecule has 1 aliphatic rings. The molecule has 0 saturated heterocycles. The summed E-state index contributed by atoms with van der Waals surface area (Å²) in [5.74, 6) is -0.298. The van der Waals surface area contributed by atoms with Gasteiger partial charge in [0, 0.05) is 6.07 Å². The average molecular weight is 305 g/mol. The fourth-order valence-corrected chi connectivity index (χ4v) is 3.15. The van der Waals surface area contributed by atoms with E-state index < -0.39 is 0 Å². The summed E-state index contributed by atoms with van der Waals surface area (Å²) >= 11 is 0. The molecular formula is C19H15NO3. The second-order valence-electron chi connectivity index (χ2n) is 5.73. The highest BCUT2D eigenvalue weighted by Crippen LogP contribution is 2.30. The van der Waals surface area contributed by atoms with E-state index in [-0.39, 0.29) is 23.1 Å². The maximum absolute atomic E-state index is 12.5. The Hall–Kier alpha value is -2.88. The van der Waals surface area contributed by atoms with Crippen molar-refractivity contribution in [3.8, 4) is 0 Å². The minimum absolute atomic E-state index is 0.0320. The van der Waals surface area contributed by atoms with E-state index in [9.17, 15) is 9.59 Å². The van der Waals surface area contributed by atoms with Crippen LogP contribution in [0.5, 0.6) is 0 Å². The highest BCUT2D eigenvalue weighted by atomic mass is 16.3.